The Labute approximate surface area is 119 Å². The molecule has 2 N–H and O–H groups in total. The number of hydrogen-bond donors (Lipinski definition) is 1. The fourth-order valence-electron chi connectivity index (χ4n) is 2.71. The molecule has 4 heteroatoms. The minimum Gasteiger partial charge on any atom is -0.398 e. The molecule has 0 bridgehead atoms. The summed E-state index contributed by atoms with van der Waals surface area (Å²) in [5.41, 5.74) is 8.25. The van der Waals surface area contributed by atoms with Gasteiger partial charge in [-0.05, 0) is 43.9 Å². The van der Waals surface area contributed by atoms with E-state index in [0.717, 1.165) is 11.1 Å². The Hall–Kier alpha value is -1.84. The van der Waals surface area contributed by atoms with Gasteiger partial charge in [0.25, 0.3) is 0 Å². The number of carbonyl (C=O) groups is 2. The van der Waals surface area contributed by atoms with Crippen LogP contribution in [0.25, 0.3) is 0 Å². The number of benzene rings is 1. The molecule has 1 unspecified atom stereocenters. The summed E-state index contributed by atoms with van der Waals surface area (Å²) in [7, 11) is 0. The average molecular weight is 274 g/mol. The molecule has 0 spiro atoms. The largest absolute Gasteiger partial charge is 0.398 e. The maximum absolute atomic E-state index is 12.8. The van der Waals surface area contributed by atoms with Crippen molar-refractivity contribution in [1.82, 2.24) is 0 Å². The monoisotopic (exact) mass is 274 g/mol. The molecule has 0 aromatic heterocycles. The zero-order chi connectivity index (χ0) is 15.2. The number of amides is 2. The third-order valence-electron chi connectivity index (χ3n) is 4.63. The first-order valence-electron chi connectivity index (χ1n) is 6.93. The van der Waals surface area contributed by atoms with Gasteiger partial charge in [0.1, 0.15) is 0 Å². The molecular formula is C16H22N2O2. The van der Waals surface area contributed by atoms with Gasteiger partial charge in [-0.15, -0.1) is 0 Å². The normalized spacial score (nSPS) is 23.0. The Morgan fingerprint density at radius 2 is 1.85 bits per heavy atom. The van der Waals surface area contributed by atoms with Gasteiger partial charge in [-0.25, -0.2) is 4.90 Å². The summed E-state index contributed by atoms with van der Waals surface area (Å²) >= 11 is 0. The molecular weight excluding hydrogens is 252 g/mol. The molecule has 1 aromatic carbocycles. The molecule has 1 aromatic rings. The standard InChI is InChI=1S/C16H22N2O2/c1-9(2)16(5)8-13(19)18(15(16)20)14-10(3)6-7-12(17)11(14)4/h6-7,9H,8,17H2,1-5H3. The van der Waals surface area contributed by atoms with Crippen molar-refractivity contribution in [2.45, 2.75) is 41.0 Å². The lowest BCUT2D eigenvalue weighted by Gasteiger charge is -2.27. The van der Waals surface area contributed by atoms with Crippen molar-refractivity contribution in [2.24, 2.45) is 11.3 Å². The summed E-state index contributed by atoms with van der Waals surface area (Å²) in [6, 6.07) is 3.66. The second kappa shape index (κ2) is 4.62. The maximum Gasteiger partial charge on any atom is 0.240 e. The van der Waals surface area contributed by atoms with E-state index in [1.165, 1.54) is 4.90 Å². The minimum absolute atomic E-state index is 0.116. The first-order chi connectivity index (χ1) is 9.20. The third kappa shape index (κ3) is 1.90. The van der Waals surface area contributed by atoms with Gasteiger partial charge >= 0.3 is 0 Å². The molecule has 0 saturated carbocycles. The highest BCUT2D eigenvalue weighted by molar-refractivity contribution is 6.23. The Bertz CT molecular complexity index is 592. The molecule has 1 atom stereocenters. The molecule has 1 heterocycles. The fraction of sp³-hybridized carbons (Fsp3) is 0.500. The predicted molar refractivity (Wildman–Crippen MR) is 80.4 cm³/mol. The molecule has 4 nitrogen and oxygen atoms in total. The Kier molecular flexibility index (Phi) is 3.36. The first kappa shape index (κ1) is 14.6. The van der Waals surface area contributed by atoms with Crippen LogP contribution < -0.4 is 10.6 Å². The number of nitrogen functional groups attached to an aromatic ring is 1. The van der Waals surface area contributed by atoms with Crippen LogP contribution in [-0.2, 0) is 9.59 Å². The van der Waals surface area contributed by atoms with Crippen LogP contribution in [0.2, 0.25) is 0 Å². The molecule has 0 radical (unpaired) electrons. The zero-order valence-corrected chi connectivity index (χ0v) is 12.8. The van der Waals surface area contributed by atoms with Crippen molar-refractivity contribution in [3.8, 4) is 0 Å². The van der Waals surface area contributed by atoms with Crippen LogP contribution in [0.1, 0.15) is 38.3 Å². The number of hydrogen-bond acceptors (Lipinski definition) is 3. The molecule has 2 amide bonds. The van der Waals surface area contributed by atoms with Gasteiger partial charge in [0.05, 0.1) is 11.1 Å². The van der Waals surface area contributed by atoms with E-state index in [0.29, 0.717) is 11.4 Å². The van der Waals surface area contributed by atoms with Crippen LogP contribution in [0.4, 0.5) is 11.4 Å². The second-order valence-electron chi connectivity index (χ2n) is 6.23. The van der Waals surface area contributed by atoms with Crippen LogP contribution in [0, 0.1) is 25.2 Å². The molecule has 2 rings (SSSR count). The van der Waals surface area contributed by atoms with E-state index in [4.69, 9.17) is 5.73 Å². The van der Waals surface area contributed by atoms with E-state index >= 15 is 0 Å². The van der Waals surface area contributed by atoms with Crippen LogP contribution in [-0.4, -0.2) is 11.8 Å². The van der Waals surface area contributed by atoms with E-state index in [1.807, 2.05) is 40.7 Å². The first-order valence-corrected chi connectivity index (χ1v) is 6.93. The molecule has 20 heavy (non-hydrogen) atoms. The Balaban J connectivity index is 2.58. The Morgan fingerprint density at radius 1 is 1.25 bits per heavy atom. The highest BCUT2D eigenvalue weighted by Crippen LogP contribution is 2.43. The molecule has 1 aliphatic heterocycles. The van der Waals surface area contributed by atoms with Crippen LogP contribution in [0.3, 0.4) is 0 Å². The summed E-state index contributed by atoms with van der Waals surface area (Å²) in [4.78, 5) is 26.5. The van der Waals surface area contributed by atoms with Crippen molar-refractivity contribution < 1.29 is 9.59 Å². The minimum atomic E-state index is -0.624. The van der Waals surface area contributed by atoms with Crippen molar-refractivity contribution >= 4 is 23.2 Å². The molecule has 0 aliphatic carbocycles. The third-order valence-corrected chi connectivity index (χ3v) is 4.63. The van der Waals surface area contributed by atoms with Crippen LogP contribution >= 0.6 is 0 Å². The summed E-state index contributed by atoms with van der Waals surface area (Å²) in [5, 5.41) is 0. The number of carbonyl (C=O) groups excluding carboxylic acids is 2. The van der Waals surface area contributed by atoms with E-state index in [-0.39, 0.29) is 24.2 Å². The topological polar surface area (TPSA) is 63.4 Å². The quantitative estimate of drug-likeness (QED) is 0.666. The second-order valence-corrected chi connectivity index (χ2v) is 6.23. The van der Waals surface area contributed by atoms with Crippen LogP contribution in [0.5, 0.6) is 0 Å². The maximum atomic E-state index is 12.8. The SMILES string of the molecule is Cc1ccc(N)c(C)c1N1C(=O)CC(C)(C(C)C)C1=O. The van der Waals surface area contributed by atoms with Gasteiger partial charge in [-0.3, -0.25) is 9.59 Å². The van der Waals surface area contributed by atoms with Gasteiger partial charge in [-0.2, -0.15) is 0 Å². The highest BCUT2D eigenvalue weighted by Gasteiger charge is 2.51. The van der Waals surface area contributed by atoms with Gasteiger partial charge in [0.2, 0.25) is 11.8 Å². The number of imide groups is 1. The molecule has 108 valence electrons. The van der Waals surface area contributed by atoms with Crippen molar-refractivity contribution in [1.29, 1.82) is 0 Å². The van der Waals surface area contributed by atoms with Crippen LogP contribution in [0.15, 0.2) is 12.1 Å². The van der Waals surface area contributed by atoms with E-state index in [2.05, 4.69) is 0 Å². The lowest BCUT2D eigenvalue weighted by molar-refractivity contribution is -0.126. The molecule has 1 fully saturated rings. The number of nitrogens with two attached hydrogens (primary N) is 1. The van der Waals surface area contributed by atoms with E-state index in [1.54, 1.807) is 6.07 Å². The summed E-state index contributed by atoms with van der Waals surface area (Å²) in [6.07, 6.45) is 0.261. The summed E-state index contributed by atoms with van der Waals surface area (Å²) in [6.45, 7) is 9.58. The van der Waals surface area contributed by atoms with Gasteiger partial charge in [-0.1, -0.05) is 19.9 Å². The zero-order valence-electron chi connectivity index (χ0n) is 12.8. The molecule has 1 saturated heterocycles. The van der Waals surface area contributed by atoms with E-state index < -0.39 is 5.41 Å². The number of rotatable bonds is 2. The van der Waals surface area contributed by atoms with Gasteiger partial charge in [0.15, 0.2) is 0 Å². The summed E-state index contributed by atoms with van der Waals surface area (Å²) in [5.74, 6) is -0.136. The van der Waals surface area contributed by atoms with Gasteiger partial charge in [0, 0.05) is 12.1 Å². The number of nitrogens with zero attached hydrogens (tertiary/aromatic N) is 1. The fourth-order valence-corrected chi connectivity index (χ4v) is 2.71. The predicted octanol–water partition coefficient (Wildman–Crippen LogP) is 2.81. The van der Waals surface area contributed by atoms with Crippen molar-refractivity contribution in [3.63, 3.8) is 0 Å². The smallest absolute Gasteiger partial charge is 0.240 e. The lowest BCUT2D eigenvalue weighted by Crippen LogP contribution is -2.37. The highest BCUT2D eigenvalue weighted by atomic mass is 16.2. The lowest BCUT2D eigenvalue weighted by atomic mass is 9.78. The number of anilines is 2. The Morgan fingerprint density at radius 3 is 2.35 bits per heavy atom. The molecule has 1 aliphatic rings. The summed E-state index contributed by atoms with van der Waals surface area (Å²) < 4.78 is 0. The van der Waals surface area contributed by atoms with Crippen molar-refractivity contribution in [2.75, 3.05) is 10.6 Å². The average Bonchev–Trinajstić information content (AvgIpc) is 2.59. The van der Waals surface area contributed by atoms with Gasteiger partial charge < -0.3 is 5.73 Å². The van der Waals surface area contributed by atoms with Crippen molar-refractivity contribution in [3.05, 3.63) is 23.3 Å². The van der Waals surface area contributed by atoms with E-state index in [9.17, 15) is 9.59 Å². The number of aryl methyl sites for hydroxylation is 1.